The number of benzene rings is 4. The van der Waals surface area contributed by atoms with Crippen molar-refractivity contribution in [3.05, 3.63) is 151 Å². The van der Waals surface area contributed by atoms with Crippen LogP contribution in [0.15, 0.2) is 146 Å². The molecule has 0 N–H and O–H groups in total. The summed E-state index contributed by atoms with van der Waals surface area (Å²) in [5.74, 6) is 2.24. The molecule has 39 heavy (non-hydrogen) atoms. The molecule has 6 aromatic rings. The molecule has 3 heterocycles. The Kier molecular flexibility index (Phi) is 5.64. The van der Waals surface area contributed by atoms with Crippen LogP contribution < -0.4 is 4.90 Å². The van der Waals surface area contributed by atoms with E-state index < -0.39 is 0 Å². The van der Waals surface area contributed by atoms with E-state index in [-0.39, 0.29) is 0 Å². The summed E-state index contributed by atoms with van der Waals surface area (Å²) in [7, 11) is 0. The third-order valence-electron chi connectivity index (χ3n) is 7.16. The lowest BCUT2D eigenvalue weighted by molar-refractivity contribution is 1.02. The van der Waals surface area contributed by atoms with Gasteiger partial charge in [0, 0.05) is 28.1 Å². The average Bonchev–Trinajstić information content (AvgIpc) is 3.35. The van der Waals surface area contributed by atoms with E-state index in [4.69, 9.17) is 9.97 Å². The zero-order valence-electron chi connectivity index (χ0n) is 21.4. The Hall–Kier alpha value is -5.22. The number of allylic oxidation sites excluding steroid dienone is 4. The highest BCUT2D eigenvalue weighted by Crippen LogP contribution is 2.37. The fourth-order valence-corrected chi connectivity index (χ4v) is 5.38. The van der Waals surface area contributed by atoms with Crippen LogP contribution in [-0.2, 0) is 6.42 Å². The number of anilines is 2. The fraction of sp³-hybridized carbons (Fsp3) is 0.0286. The molecule has 0 amide bonds. The van der Waals surface area contributed by atoms with Crippen molar-refractivity contribution < 1.29 is 0 Å². The average molecular weight is 503 g/mol. The van der Waals surface area contributed by atoms with Crippen molar-refractivity contribution in [2.24, 2.45) is 0 Å². The van der Waals surface area contributed by atoms with E-state index in [1.807, 2.05) is 30.4 Å². The van der Waals surface area contributed by atoms with Crippen molar-refractivity contribution in [2.45, 2.75) is 6.42 Å². The summed E-state index contributed by atoms with van der Waals surface area (Å²) in [5.41, 5.74) is 6.27. The lowest BCUT2D eigenvalue weighted by Gasteiger charge is -2.27. The molecule has 4 nitrogen and oxygen atoms in total. The Morgan fingerprint density at radius 2 is 1.28 bits per heavy atom. The Morgan fingerprint density at radius 3 is 2.05 bits per heavy atom. The molecule has 186 valence electrons. The predicted molar refractivity (Wildman–Crippen MR) is 162 cm³/mol. The summed E-state index contributed by atoms with van der Waals surface area (Å²) in [6.45, 7) is 4.45. The van der Waals surface area contributed by atoms with Gasteiger partial charge in [-0.15, -0.1) is 0 Å². The van der Waals surface area contributed by atoms with Gasteiger partial charge in [0.05, 0.1) is 16.7 Å². The molecular weight excluding hydrogens is 476 g/mol. The number of rotatable bonds is 3. The molecular formula is C35H26N4. The first-order chi connectivity index (χ1) is 19.3. The van der Waals surface area contributed by atoms with Gasteiger partial charge in [0.25, 0.3) is 0 Å². The van der Waals surface area contributed by atoms with Crippen molar-refractivity contribution in [3.8, 4) is 17.2 Å². The predicted octanol–water partition coefficient (Wildman–Crippen LogP) is 8.56. The molecule has 2 aromatic heterocycles. The number of hydrogen-bond donors (Lipinski definition) is 0. The summed E-state index contributed by atoms with van der Waals surface area (Å²) in [6.07, 6.45) is 9.13. The molecule has 0 bridgehead atoms. The van der Waals surface area contributed by atoms with Gasteiger partial charge in [0.1, 0.15) is 11.6 Å². The maximum Gasteiger partial charge on any atom is 0.163 e. The second-order valence-corrected chi connectivity index (χ2v) is 9.59. The van der Waals surface area contributed by atoms with Gasteiger partial charge in [0.2, 0.25) is 0 Å². The van der Waals surface area contributed by atoms with Crippen LogP contribution in [-0.4, -0.2) is 14.5 Å². The number of nitrogens with zero attached hydrogens (tertiary/aromatic N) is 4. The zero-order valence-corrected chi connectivity index (χ0v) is 21.4. The molecule has 1 aliphatic rings. The van der Waals surface area contributed by atoms with Crippen LogP contribution >= 0.6 is 0 Å². The SMILES string of the molecule is C=C1/C=C\C=C/Cc2ccccc2N1c1cc(-n2c3ccccc3c3ccccc32)nc(-c2ccccc2)n1. The van der Waals surface area contributed by atoms with E-state index in [1.54, 1.807) is 0 Å². The molecule has 0 saturated heterocycles. The minimum atomic E-state index is 0.664. The van der Waals surface area contributed by atoms with Crippen LogP contribution in [0, 0.1) is 0 Å². The summed E-state index contributed by atoms with van der Waals surface area (Å²) in [4.78, 5) is 12.4. The second-order valence-electron chi connectivity index (χ2n) is 9.59. The molecule has 1 aliphatic heterocycles. The number of hydrogen-bond acceptors (Lipinski definition) is 3. The van der Waals surface area contributed by atoms with Gasteiger partial charge in [-0.05, 0) is 36.3 Å². The van der Waals surface area contributed by atoms with Crippen molar-refractivity contribution in [1.29, 1.82) is 0 Å². The van der Waals surface area contributed by atoms with Crippen molar-refractivity contribution in [2.75, 3.05) is 4.90 Å². The van der Waals surface area contributed by atoms with Gasteiger partial charge in [-0.3, -0.25) is 9.47 Å². The van der Waals surface area contributed by atoms with Crippen LogP contribution in [0.3, 0.4) is 0 Å². The molecule has 0 saturated carbocycles. The monoisotopic (exact) mass is 502 g/mol. The topological polar surface area (TPSA) is 34.0 Å². The molecule has 0 fully saturated rings. The third kappa shape index (κ3) is 4.03. The Bertz CT molecular complexity index is 1860. The van der Waals surface area contributed by atoms with E-state index in [0.29, 0.717) is 5.82 Å². The van der Waals surface area contributed by atoms with Crippen LogP contribution in [0.4, 0.5) is 11.5 Å². The van der Waals surface area contributed by atoms with E-state index in [1.165, 1.54) is 16.3 Å². The Labute approximate surface area is 227 Å². The summed E-state index contributed by atoms with van der Waals surface area (Å²) in [5, 5.41) is 2.39. The van der Waals surface area contributed by atoms with E-state index in [2.05, 4.69) is 119 Å². The van der Waals surface area contributed by atoms with Crippen LogP contribution in [0.5, 0.6) is 0 Å². The Balaban J connectivity index is 1.54. The van der Waals surface area contributed by atoms with Crippen molar-refractivity contribution >= 4 is 33.3 Å². The second kappa shape index (κ2) is 9.58. The summed E-state index contributed by atoms with van der Waals surface area (Å²) < 4.78 is 2.24. The van der Waals surface area contributed by atoms with Crippen molar-refractivity contribution in [1.82, 2.24) is 14.5 Å². The first kappa shape index (κ1) is 22.9. The largest absolute Gasteiger partial charge is 0.295 e. The molecule has 4 aromatic carbocycles. The molecule has 0 spiro atoms. The molecule has 0 aliphatic carbocycles. The fourth-order valence-electron chi connectivity index (χ4n) is 5.38. The molecule has 0 unspecified atom stereocenters. The van der Waals surface area contributed by atoms with Crippen LogP contribution in [0.25, 0.3) is 39.0 Å². The summed E-state index contributed by atoms with van der Waals surface area (Å²) in [6, 6.07) is 37.7. The maximum atomic E-state index is 5.15. The minimum Gasteiger partial charge on any atom is -0.295 e. The van der Waals surface area contributed by atoms with Gasteiger partial charge in [-0.1, -0.05) is 110 Å². The molecule has 7 rings (SSSR count). The van der Waals surface area contributed by atoms with Gasteiger partial charge in [-0.2, -0.15) is 0 Å². The zero-order chi connectivity index (χ0) is 26.2. The highest BCUT2D eigenvalue weighted by Gasteiger charge is 2.21. The molecule has 0 radical (unpaired) electrons. The number of fused-ring (bicyclic) bond motifs is 4. The van der Waals surface area contributed by atoms with Crippen molar-refractivity contribution in [3.63, 3.8) is 0 Å². The van der Waals surface area contributed by atoms with E-state index in [0.717, 1.165) is 46.0 Å². The smallest absolute Gasteiger partial charge is 0.163 e. The minimum absolute atomic E-state index is 0.664. The molecule has 4 heteroatoms. The summed E-state index contributed by atoms with van der Waals surface area (Å²) >= 11 is 0. The van der Waals surface area contributed by atoms with Gasteiger partial charge in [0.15, 0.2) is 5.82 Å². The van der Waals surface area contributed by atoms with Crippen LogP contribution in [0.1, 0.15) is 5.56 Å². The highest BCUT2D eigenvalue weighted by atomic mass is 15.2. The molecule has 0 atom stereocenters. The standard InChI is InChI=1S/C35H26N4/c1-25-14-4-2-5-15-26-16-8-11-21-30(26)38(25)33-24-34(37-35(36-33)27-17-6-3-7-18-27)39-31-22-12-9-19-28(31)29-20-10-13-23-32(29)39/h2-14,16-24H,1,15H2/b5-2-,14-4-. The third-order valence-corrected chi connectivity index (χ3v) is 7.16. The lowest BCUT2D eigenvalue weighted by Crippen LogP contribution is -2.18. The van der Waals surface area contributed by atoms with Gasteiger partial charge >= 0.3 is 0 Å². The lowest BCUT2D eigenvalue weighted by atomic mass is 10.1. The van der Waals surface area contributed by atoms with E-state index in [9.17, 15) is 0 Å². The Morgan fingerprint density at radius 1 is 0.641 bits per heavy atom. The normalized spacial score (nSPS) is 15.0. The van der Waals surface area contributed by atoms with E-state index >= 15 is 0 Å². The number of aromatic nitrogens is 3. The highest BCUT2D eigenvalue weighted by molar-refractivity contribution is 6.09. The number of para-hydroxylation sites is 3. The first-order valence-corrected chi connectivity index (χ1v) is 13.1. The van der Waals surface area contributed by atoms with Crippen LogP contribution in [0.2, 0.25) is 0 Å². The van der Waals surface area contributed by atoms with Gasteiger partial charge < -0.3 is 0 Å². The quantitative estimate of drug-likeness (QED) is 0.243. The first-order valence-electron chi connectivity index (χ1n) is 13.1. The maximum absolute atomic E-state index is 5.15. The van der Waals surface area contributed by atoms with Gasteiger partial charge in [-0.25, -0.2) is 9.97 Å².